The van der Waals surface area contributed by atoms with Gasteiger partial charge in [0.15, 0.2) is 0 Å². The van der Waals surface area contributed by atoms with Gasteiger partial charge >= 0.3 is 12.1 Å². The lowest BCUT2D eigenvalue weighted by molar-refractivity contribution is -0.134. The minimum atomic E-state index is -1.18. The molecule has 0 saturated heterocycles. The molecule has 9 heteroatoms. The molecule has 0 saturated carbocycles. The number of carboxylic acid groups (broad SMARTS) is 1. The second-order valence-electron chi connectivity index (χ2n) is 5.28. The maximum Gasteiger partial charge on any atom is 0.437 e. The van der Waals surface area contributed by atoms with Gasteiger partial charge in [-0.05, 0) is 26.2 Å². The Morgan fingerprint density at radius 3 is 2.71 bits per heavy atom. The van der Waals surface area contributed by atoms with Crippen LogP contribution < -0.4 is 5.32 Å². The second kappa shape index (κ2) is 5.32. The van der Waals surface area contributed by atoms with Crippen molar-refractivity contribution in [1.82, 2.24) is 5.32 Å². The molecule has 0 aromatic rings. The third-order valence-electron chi connectivity index (χ3n) is 2.42. The molecule has 0 aromatic heterocycles. The Morgan fingerprint density at radius 2 is 2.14 bits per heavy atom. The van der Waals surface area contributed by atoms with Gasteiger partial charge in [-0.1, -0.05) is 11.8 Å². The number of guanidine groups is 1. The molecule has 0 aliphatic carbocycles. The Hall–Kier alpha value is -2.16. The quantitative estimate of drug-likeness (QED) is 0.749. The number of rotatable bonds is 1. The van der Waals surface area contributed by atoms with Crippen LogP contribution in [0.1, 0.15) is 20.8 Å². The number of ether oxygens (including phenoxy) is 1. The molecule has 0 bridgehead atoms. The SMILES string of the molecule is CC(C)(C)OC(=O)N=C1N=C2SC=C(C(=O)O)[C@@H]2C(=O)N1. The summed E-state index contributed by atoms with van der Waals surface area (Å²) in [6, 6.07) is 0. The van der Waals surface area contributed by atoms with E-state index in [0.717, 1.165) is 11.8 Å². The predicted molar refractivity (Wildman–Crippen MR) is 76.0 cm³/mol. The van der Waals surface area contributed by atoms with Gasteiger partial charge in [0.1, 0.15) is 11.5 Å². The predicted octanol–water partition coefficient (Wildman–Crippen LogP) is 1.14. The molecule has 8 nitrogen and oxygen atoms in total. The van der Waals surface area contributed by atoms with Crippen LogP contribution in [-0.2, 0) is 14.3 Å². The molecule has 112 valence electrons. The molecule has 0 aromatic carbocycles. The zero-order valence-electron chi connectivity index (χ0n) is 11.5. The number of thioether (sulfide) groups is 1. The van der Waals surface area contributed by atoms with Crippen molar-refractivity contribution in [2.45, 2.75) is 26.4 Å². The molecule has 2 amide bonds. The van der Waals surface area contributed by atoms with Gasteiger partial charge in [-0.25, -0.2) is 14.6 Å². The van der Waals surface area contributed by atoms with Crippen molar-refractivity contribution in [2.24, 2.45) is 15.9 Å². The second-order valence-corrected chi connectivity index (χ2v) is 6.17. The summed E-state index contributed by atoms with van der Waals surface area (Å²) >= 11 is 1.02. The molecule has 0 radical (unpaired) electrons. The van der Waals surface area contributed by atoms with Crippen LogP contribution in [0.25, 0.3) is 0 Å². The van der Waals surface area contributed by atoms with Crippen molar-refractivity contribution in [1.29, 1.82) is 0 Å². The number of nitrogens with one attached hydrogen (secondary N) is 1. The van der Waals surface area contributed by atoms with E-state index in [1.165, 1.54) is 5.41 Å². The van der Waals surface area contributed by atoms with Crippen LogP contribution >= 0.6 is 11.8 Å². The van der Waals surface area contributed by atoms with Gasteiger partial charge in [-0.2, -0.15) is 0 Å². The molecule has 1 atom stereocenters. The van der Waals surface area contributed by atoms with Crippen LogP contribution in [0.15, 0.2) is 21.0 Å². The average Bonchev–Trinajstić information content (AvgIpc) is 2.70. The zero-order chi connectivity index (χ0) is 15.8. The van der Waals surface area contributed by atoms with E-state index in [-0.39, 0.29) is 16.6 Å². The van der Waals surface area contributed by atoms with Crippen LogP contribution in [-0.4, -0.2) is 39.7 Å². The number of hydrogen-bond acceptors (Lipinski definition) is 5. The maximum atomic E-state index is 11.9. The first-order valence-corrected chi connectivity index (χ1v) is 6.86. The highest BCUT2D eigenvalue weighted by atomic mass is 32.2. The van der Waals surface area contributed by atoms with Crippen molar-refractivity contribution in [2.75, 3.05) is 0 Å². The summed E-state index contributed by atoms with van der Waals surface area (Å²) in [7, 11) is 0. The minimum Gasteiger partial charge on any atom is -0.478 e. The van der Waals surface area contributed by atoms with E-state index < -0.39 is 29.5 Å². The number of hydrogen-bond donors (Lipinski definition) is 2. The van der Waals surface area contributed by atoms with Crippen molar-refractivity contribution in [3.8, 4) is 0 Å². The highest BCUT2D eigenvalue weighted by molar-refractivity contribution is 8.17. The first-order chi connectivity index (χ1) is 9.67. The molecule has 21 heavy (non-hydrogen) atoms. The van der Waals surface area contributed by atoms with E-state index in [0.29, 0.717) is 0 Å². The van der Waals surface area contributed by atoms with E-state index in [2.05, 4.69) is 15.3 Å². The lowest BCUT2D eigenvalue weighted by atomic mass is 10.0. The van der Waals surface area contributed by atoms with Crippen molar-refractivity contribution in [3.63, 3.8) is 0 Å². The van der Waals surface area contributed by atoms with Gasteiger partial charge in [0.05, 0.1) is 10.6 Å². The van der Waals surface area contributed by atoms with E-state index in [4.69, 9.17) is 9.84 Å². The maximum absolute atomic E-state index is 11.9. The number of aliphatic carboxylic acids is 1. The fourth-order valence-corrected chi connectivity index (χ4v) is 2.64. The standard InChI is InChI=1S/C12H13N3O5S/c1-12(2,3)20-11(19)15-10-13-7(16)6-5(9(17)18)4-21-8(6)14-10/h4,6H,1-3H3,(H,17,18)(H,13,15,16,19)/t6-/m1/s1. The van der Waals surface area contributed by atoms with E-state index in [1.807, 2.05) is 0 Å². The molecule has 2 aliphatic rings. The summed E-state index contributed by atoms with van der Waals surface area (Å²) in [4.78, 5) is 42.0. The van der Waals surface area contributed by atoms with Gasteiger partial charge in [0.25, 0.3) is 0 Å². The topological polar surface area (TPSA) is 117 Å². The lowest BCUT2D eigenvalue weighted by Gasteiger charge is -2.20. The summed E-state index contributed by atoms with van der Waals surface area (Å²) in [6.07, 6.45) is -0.880. The molecule has 2 N–H and O–H groups in total. The number of carbonyl (C=O) groups is 3. The van der Waals surface area contributed by atoms with Gasteiger partial charge in [0.2, 0.25) is 11.9 Å². The van der Waals surface area contributed by atoms with Gasteiger partial charge in [0, 0.05) is 0 Å². The van der Waals surface area contributed by atoms with Crippen molar-refractivity contribution >= 4 is 40.7 Å². The summed E-state index contributed by atoms with van der Waals surface area (Å²) in [5, 5.41) is 12.9. The average molecular weight is 311 g/mol. The van der Waals surface area contributed by atoms with Gasteiger partial charge in [-0.3, -0.25) is 10.1 Å². The highest BCUT2D eigenvalue weighted by Gasteiger charge is 2.40. The van der Waals surface area contributed by atoms with E-state index in [1.54, 1.807) is 20.8 Å². The number of amides is 2. The molecule has 2 aliphatic heterocycles. The smallest absolute Gasteiger partial charge is 0.437 e. The van der Waals surface area contributed by atoms with E-state index in [9.17, 15) is 14.4 Å². The minimum absolute atomic E-state index is 0.0485. The molecule has 0 unspecified atom stereocenters. The zero-order valence-corrected chi connectivity index (χ0v) is 12.4. The largest absolute Gasteiger partial charge is 0.478 e. The van der Waals surface area contributed by atoms with Crippen molar-refractivity contribution in [3.05, 3.63) is 11.0 Å². The Bertz CT molecular complexity index is 615. The fourth-order valence-electron chi connectivity index (χ4n) is 1.65. The van der Waals surface area contributed by atoms with Gasteiger partial charge in [-0.15, -0.1) is 4.99 Å². The number of nitrogens with zero attached hydrogens (tertiary/aromatic N) is 2. The summed E-state index contributed by atoms with van der Waals surface area (Å²) in [6.45, 7) is 5.05. The molecule has 0 spiro atoms. The summed E-state index contributed by atoms with van der Waals surface area (Å²) in [5.41, 5.74) is -0.761. The van der Waals surface area contributed by atoms with Crippen LogP contribution in [0.3, 0.4) is 0 Å². The number of carboxylic acids is 1. The molecule has 2 rings (SSSR count). The normalized spacial score (nSPS) is 23.1. The third kappa shape index (κ3) is 3.48. The summed E-state index contributed by atoms with van der Waals surface area (Å²) in [5.74, 6) is -2.92. The first kappa shape index (κ1) is 15.2. The number of carbonyl (C=O) groups excluding carboxylic acids is 2. The van der Waals surface area contributed by atoms with E-state index >= 15 is 0 Å². The molecule has 0 fully saturated rings. The van der Waals surface area contributed by atoms with Gasteiger partial charge < -0.3 is 9.84 Å². The molecule has 2 heterocycles. The van der Waals surface area contributed by atoms with Crippen molar-refractivity contribution < 1.29 is 24.2 Å². The highest BCUT2D eigenvalue weighted by Crippen LogP contribution is 2.33. The van der Waals surface area contributed by atoms with Crippen LogP contribution in [0.5, 0.6) is 0 Å². The Morgan fingerprint density at radius 1 is 1.48 bits per heavy atom. The Kier molecular flexibility index (Phi) is 3.86. The monoisotopic (exact) mass is 311 g/mol. The Labute approximate surface area is 124 Å². The van der Waals surface area contributed by atoms with Crippen LogP contribution in [0.4, 0.5) is 4.79 Å². The number of fused-ring (bicyclic) bond motifs is 1. The number of aliphatic imine (C=N–C) groups is 2. The molecular formula is C12H13N3O5S. The Balaban J connectivity index is 2.20. The summed E-state index contributed by atoms with van der Waals surface area (Å²) < 4.78 is 4.99. The van der Waals surface area contributed by atoms with Crippen LogP contribution in [0, 0.1) is 5.92 Å². The lowest BCUT2D eigenvalue weighted by Crippen LogP contribution is -2.43. The molecular weight excluding hydrogens is 298 g/mol. The third-order valence-corrected chi connectivity index (χ3v) is 3.36. The first-order valence-electron chi connectivity index (χ1n) is 5.98. The fraction of sp³-hybridized carbons (Fsp3) is 0.417. The van der Waals surface area contributed by atoms with Crippen LogP contribution in [0.2, 0.25) is 0 Å².